The third-order valence-electron chi connectivity index (χ3n) is 3.69. The Morgan fingerprint density at radius 2 is 2.18 bits per heavy atom. The molecule has 1 saturated carbocycles. The summed E-state index contributed by atoms with van der Waals surface area (Å²) in [5.41, 5.74) is 6.89. The number of ether oxygens (including phenoxy) is 1. The normalized spacial score (nSPS) is 22.2. The van der Waals surface area contributed by atoms with Crippen molar-refractivity contribution in [2.45, 2.75) is 28.4 Å². The second-order valence-corrected chi connectivity index (χ2v) is 6.25. The lowest BCUT2D eigenvalue weighted by molar-refractivity contribution is 0.0455. The van der Waals surface area contributed by atoms with Gasteiger partial charge >= 0.3 is 0 Å². The number of halogens is 1. The van der Waals surface area contributed by atoms with E-state index in [1.807, 2.05) is 12.1 Å². The molecule has 0 radical (unpaired) electrons. The number of rotatable bonds is 4. The van der Waals surface area contributed by atoms with Crippen molar-refractivity contribution in [3.8, 4) is 0 Å². The van der Waals surface area contributed by atoms with E-state index in [1.54, 1.807) is 17.8 Å². The zero-order chi connectivity index (χ0) is 11.9. The third kappa shape index (κ3) is 2.09. The molecule has 17 heavy (non-hydrogen) atoms. The summed E-state index contributed by atoms with van der Waals surface area (Å²) in [6.07, 6.45) is 2.18. The molecule has 1 heterocycles. The molecule has 2 fully saturated rings. The van der Waals surface area contributed by atoms with Gasteiger partial charge in [-0.3, -0.25) is 0 Å². The molecule has 0 amide bonds. The Morgan fingerprint density at radius 1 is 1.41 bits per heavy atom. The molecular weight excluding hydrogens is 237 g/mol. The van der Waals surface area contributed by atoms with Gasteiger partial charge in [0.1, 0.15) is 5.82 Å². The molecule has 1 aromatic rings. The predicted octanol–water partition coefficient (Wildman–Crippen LogP) is 2.31. The third-order valence-corrected chi connectivity index (χ3v) is 4.88. The van der Waals surface area contributed by atoms with Crippen LogP contribution in [0.25, 0.3) is 0 Å². The first kappa shape index (κ1) is 11.5. The maximum absolute atomic E-state index is 14.0. The standard InChI is InChI=1S/C13H16FNOS/c14-11-5-9(13(8-15)3-4-13)1-2-12(11)17-10-6-16-7-10/h1-2,5,10H,3-4,6-8,15H2. The topological polar surface area (TPSA) is 35.2 Å². The summed E-state index contributed by atoms with van der Waals surface area (Å²) >= 11 is 1.57. The van der Waals surface area contributed by atoms with Gasteiger partial charge in [-0.25, -0.2) is 4.39 Å². The lowest BCUT2D eigenvalue weighted by Gasteiger charge is -2.25. The number of benzene rings is 1. The maximum atomic E-state index is 14.0. The van der Waals surface area contributed by atoms with Gasteiger partial charge in [0.25, 0.3) is 0 Å². The summed E-state index contributed by atoms with van der Waals surface area (Å²) in [6.45, 7) is 2.09. The monoisotopic (exact) mass is 253 g/mol. The van der Waals surface area contributed by atoms with Gasteiger partial charge in [0, 0.05) is 16.9 Å². The molecule has 0 unspecified atom stereocenters. The van der Waals surface area contributed by atoms with E-state index in [9.17, 15) is 4.39 Å². The van der Waals surface area contributed by atoms with Crippen LogP contribution in [0.4, 0.5) is 4.39 Å². The zero-order valence-electron chi connectivity index (χ0n) is 9.62. The fourth-order valence-corrected chi connectivity index (χ4v) is 3.16. The van der Waals surface area contributed by atoms with Gasteiger partial charge < -0.3 is 10.5 Å². The molecule has 2 nitrogen and oxygen atoms in total. The number of hydrogen-bond acceptors (Lipinski definition) is 3. The predicted molar refractivity (Wildman–Crippen MR) is 66.8 cm³/mol. The molecule has 0 bridgehead atoms. The Bertz CT molecular complexity index is 429. The van der Waals surface area contributed by atoms with E-state index < -0.39 is 0 Å². The van der Waals surface area contributed by atoms with Crippen LogP contribution in [0.1, 0.15) is 18.4 Å². The van der Waals surface area contributed by atoms with Gasteiger partial charge in [0.15, 0.2) is 0 Å². The highest BCUT2D eigenvalue weighted by molar-refractivity contribution is 8.00. The van der Waals surface area contributed by atoms with Crippen molar-refractivity contribution in [1.82, 2.24) is 0 Å². The molecule has 4 heteroatoms. The van der Waals surface area contributed by atoms with E-state index in [1.165, 1.54) is 0 Å². The van der Waals surface area contributed by atoms with Crippen LogP contribution in [0.3, 0.4) is 0 Å². The minimum absolute atomic E-state index is 0.0730. The molecule has 0 atom stereocenters. The Kier molecular flexibility index (Phi) is 2.89. The molecule has 1 saturated heterocycles. The van der Waals surface area contributed by atoms with Crippen LogP contribution in [0, 0.1) is 5.82 Å². The van der Waals surface area contributed by atoms with Gasteiger partial charge in [-0.1, -0.05) is 6.07 Å². The van der Waals surface area contributed by atoms with E-state index in [0.29, 0.717) is 11.8 Å². The van der Waals surface area contributed by atoms with E-state index >= 15 is 0 Å². The molecule has 3 rings (SSSR count). The first-order chi connectivity index (χ1) is 8.23. The van der Waals surface area contributed by atoms with Crippen LogP contribution >= 0.6 is 11.8 Å². The summed E-state index contributed by atoms with van der Waals surface area (Å²) in [5, 5.41) is 0.416. The smallest absolute Gasteiger partial charge is 0.137 e. The summed E-state index contributed by atoms with van der Waals surface area (Å²) in [4.78, 5) is 0.731. The molecule has 1 aromatic carbocycles. The van der Waals surface area contributed by atoms with Crippen molar-refractivity contribution >= 4 is 11.8 Å². The Labute approximate surface area is 105 Å². The van der Waals surface area contributed by atoms with Crippen molar-refractivity contribution in [2.75, 3.05) is 19.8 Å². The van der Waals surface area contributed by atoms with Crippen LogP contribution in [0.15, 0.2) is 23.1 Å². The molecular formula is C13H16FNOS. The number of hydrogen-bond donors (Lipinski definition) is 1. The van der Waals surface area contributed by atoms with Crippen molar-refractivity contribution in [2.24, 2.45) is 5.73 Å². The lowest BCUT2D eigenvalue weighted by atomic mass is 9.96. The fourth-order valence-electron chi connectivity index (χ4n) is 2.15. The van der Waals surface area contributed by atoms with Crippen LogP contribution in [0.5, 0.6) is 0 Å². The molecule has 2 aliphatic rings. The minimum atomic E-state index is -0.112. The van der Waals surface area contributed by atoms with E-state index in [0.717, 1.165) is 36.5 Å². The fraction of sp³-hybridized carbons (Fsp3) is 0.538. The van der Waals surface area contributed by atoms with Crippen molar-refractivity contribution in [3.63, 3.8) is 0 Å². The van der Waals surface area contributed by atoms with E-state index in [-0.39, 0.29) is 11.2 Å². The first-order valence-corrected chi connectivity index (χ1v) is 6.86. The van der Waals surface area contributed by atoms with Crippen LogP contribution < -0.4 is 5.73 Å². The summed E-state index contributed by atoms with van der Waals surface area (Å²) < 4.78 is 19.1. The second kappa shape index (κ2) is 4.26. The van der Waals surface area contributed by atoms with Crippen LogP contribution in [0.2, 0.25) is 0 Å². The Hall–Kier alpha value is -0.580. The van der Waals surface area contributed by atoms with E-state index in [2.05, 4.69) is 0 Å². The highest BCUT2D eigenvalue weighted by Crippen LogP contribution is 2.47. The van der Waals surface area contributed by atoms with Crippen LogP contribution in [-0.2, 0) is 10.2 Å². The van der Waals surface area contributed by atoms with Crippen LogP contribution in [-0.4, -0.2) is 25.0 Å². The molecule has 92 valence electrons. The number of nitrogens with two attached hydrogens (primary N) is 1. The van der Waals surface area contributed by atoms with E-state index in [4.69, 9.17) is 10.5 Å². The summed E-state index contributed by atoms with van der Waals surface area (Å²) in [6, 6.07) is 5.59. The van der Waals surface area contributed by atoms with Crippen molar-refractivity contribution in [3.05, 3.63) is 29.6 Å². The highest BCUT2D eigenvalue weighted by atomic mass is 32.2. The molecule has 0 spiro atoms. The average molecular weight is 253 g/mol. The summed E-state index contributed by atoms with van der Waals surface area (Å²) in [7, 11) is 0. The van der Waals surface area contributed by atoms with Gasteiger partial charge in [-0.2, -0.15) is 0 Å². The Morgan fingerprint density at radius 3 is 2.65 bits per heavy atom. The number of thioether (sulfide) groups is 1. The highest BCUT2D eigenvalue weighted by Gasteiger charge is 2.43. The van der Waals surface area contributed by atoms with Gasteiger partial charge in [0.05, 0.1) is 18.5 Å². The van der Waals surface area contributed by atoms with Crippen molar-refractivity contribution < 1.29 is 9.13 Å². The van der Waals surface area contributed by atoms with Gasteiger partial charge in [-0.15, -0.1) is 11.8 Å². The van der Waals surface area contributed by atoms with Gasteiger partial charge in [0.2, 0.25) is 0 Å². The molecule has 0 aromatic heterocycles. The Balaban J connectivity index is 1.78. The first-order valence-electron chi connectivity index (χ1n) is 5.98. The maximum Gasteiger partial charge on any atom is 0.137 e. The van der Waals surface area contributed by atoms with Crippen molar-refractivity contribution in [1.29, 1.82) is 0 Å². The second-order valence-electron chi connectivity index (χ2n) is 4.91. The summed E-state index contributed by atoms with van der Waals surface area (Å²) in [5.74, 6) is -0.112. The minimum Gasteiger partial charge on any atom is -0.379 e. The lowest BCUT2D eigenvalue weighted by Crippen LogP contribution is -2.30. The molecule has 1 aliphatic carbocycles. The molecule has 2 N–H and O–H groups in total. The SMILES string of the molecule is NCC1(c2ccc(SC3COC3)c(F)c2)CC1. The zero-order valence-corrected chi connectivity index (χ0v) is 10.4. The quantitative estimate of drug-likeness (QED) is 0.894. The molecule has 1 aliphatic heterocycles. The average Bonchev–Trinajstić information content (AvgIpc) is 3.06. The van der Waals surface area contributed by atoms with Gasteiger partial charge in [-0.05, 0) is 30.5 Å². The largest absolute Gasteiger partial charge is 0.379 e.